The molecule has 1 amide bonds. The maximum Gasteiger partial charge on any atom is 0.274 e. The van der Waals surface area contributed by atoms with Crippen LogP contribution in [0.5, 0.6) is 5.75 Å². The largest absolute Gasteiger partial charge is 0.486 e. The highest BCUT2D eigenvalue weighted by molar-refractivity contribution is 6.04. The van der Waals surface area contributed by atoms with Crippen LogP contribution in [0.15, 0.2) is 54.6 Å². The molecule has 0 saturated carbocycles. The van der Waals surface area contributed by atoms with E-state index in [4.69, 9.17) is 9.47 Å². The Morgan fingerprint density at radius 3 is 2.56 bits per heavy atom. The summed E-state index contributed by atoms with van der Waals surface area (Å²) in [6.45, 7) is 7.96. The van der Waals surface area contributed by atoms with Crippen molar-refractivity contribution in [1.29, 1.82) is 0 Å². The lowest BCUT2D eigenvalue weighted by molar-refractivity contribution is 0.0557. The van der Waals surface area contributed by atoms with E-state index in [1.165, 1.54) is 0 Å². The van der Waals surface area contributed by atoms with Crippen molar-refractivity contribution in [3.8, 4) is 5.75 Å². The Labute approximate surface area is 221 Å². The van der Waals surface area contributed by atoms with Gasteiger partial charge in [0.1, 0.15) is 6.61 Å². The molecule has 2 aromatic carbocycles. The number of aryl methyl sites for hydroxylation is 1. The summed E-state index contributed by atoms with van der Waals surface area (Å²) in [6, 6.07) is 18.6. The van der Waals surface area contributed by atoms with Gasteiger partial charge in [-0.05, 0) is 63.8 Å². The van der Waals surface area contributed by atoms with Crippen LogP contribution in [0.1, 0.15) is 55.6 Å². The van der Waals surface area contributed by atoms with E-state index in [0.717, 1.165) is 61.8 Å². The average Bonchev–Trinajstić information content (AvgIpc) is 3.20. The highest BCUT2D eigenvalue weighted by Crippen LogP contribution is 2.36. The third kappa shape index (κ3) is 6.41. The molecule has 0 bridgehead atoms. The molecule has 1 aromatic heterocycles. The first-order valence-electron chi connectivity index (χ1n) is 12.9. The van der Waals surface area contributed by atoms with E-state index in [0.29, 0.717) is 24.7 Å². The molecular formula is C29H40ClN3O3. The fourth-order valence-electron chi connectivity index (χ4n) is 5.12. The molecule has 3 aromatic rings. The number of carbonyl (C=O) groups excluding carboxylic acids is 1. The molecule has 6 nitrogen and oxygen atoms in total. The van der Waals surface area contributed by atoms with Gasteiger partial charge in [0.2, 0.25) is 0 Å². The van der Waals surface area contributed by atoms with Crippen LogP contribution < -0.4 is 10.1 Å². The zero-order valence-corrected chi connectivity index (χ0v) is 22.6. The smallest absolute Gasteiger partial charge is 0.274 e. The third-order valence-corrected chi connectivity index (χ3v) is 6.79. The number of hydrogen-bond acceptors (Lipinski definition) is 4. The number of benzene rings is 2. The van der Waals surface area contributed by atoms with Crippen molar-refractivity contribution in [2.45, 2.75) is 64.8 Å². The molecule has 0 spiro atoms. The first-order valence-corrected chi connectivity index (χ1v) is 12.9. The van der Waals surface area contributed by atoms with Crippen LogP contribution in [0.4, 0.5) is 0 Å². The predicted molar refractivity (Wildman–Crippen MR) is 148 cm³/mol. The van der Waals surface area contributed by atoms with Crippen molar-refractivity contribution in [1.82, 2.24) is 14.8 Å². The highest BCUT2D eigenvalue weighted by Gasteiger charge is 2.33. The van der Waals surface area contributed by atoms with Crippen molar-refractivity contribution in [2.75, 3.05) is 26.8 Å². The summed E-state index contributed by atoms with van der Waals surface area (Å²) < 4.78 is 13.9. The molecular weight excluding hydrogens is 474 g/mol. The molecule has 36 heavy (non-hydrogen) atoms. The number of rotatable bonds is 11. The number of nitrogens with one attached hydrogen (secondary N) is 1. The fraction of sp³-hybridized carbons (Fsp3) is 0.483. The molecule has 0 radical (unpaired) electrons. The zero-order chi connectivity index (χ0) is 24.6. The summed E-state index contributed by atoms with van der Waals surface area (Å²) in [5.74, 6) is 0.746. The Bertz CT molecular complexity index is 1090. The number of halogens is 1. The van der Waals surface area contributed by atoms with E-state index in [2.05, 4.69) is 52.9 Å². The van der Waals surface area contributed by atoms with Gasteiger partial charge in [0, 0.05) is 44.3 Å². The Morgan fingerprint density at radius 2 is 1.86 bits per heavy atom. The number of hydrogen-bond donors (Lipinski definition) is 1. The van der Waals surface area contributed by atoms with Crippen LogP contribution in [0, 0.1) is 0 Å². The number of nitrogens with zero attached hydrogens (tertiary/aromatic N) is 2. The molecule has 4 rings (SSSR count). The molecule has 0 unspecified atom stereocenters. The number of amides is 1. The maximum absolute atomic E-state index is 14.4. The molecule has 1 N–H and O–H groups in total. The second-order valence-electron chi connectivity index (χ2n) is 9.63. The van der Waals surface area contributed by atoms with Crippen molar-refractivity contribution in [3.05, 3.63) is 65.9 Å². The van der Waals surface area contributed by atoms with Crippen LogP contribution in [0.2, 0.25) is 0 Å². The molecule has 2 heterocycles. The quantitative estimate of drug-likeness (QED) is 0.335. The number of methoxy groups -OCH3 is 1. The van der Waals surface area contributed by atoms with E-state index in [9.17, 15) is 4.79 Å². The van der Waals surface area contributed by atoms with Gasteiger partial charge in [-0.2, -0.15) is 0 Å². The van der Waals surface area contributed by atoms with Gasteiger partial charge in [0.25, 0.3) is 5.91 Å². The van der Waals surface area contributed by atoms with E-state index >= 15 is 0 Å². The van der Waals surface area contributed by atoms with Crippen LogP contribution >= 0.6 is 12.4 Å². The van der Waals surface area contributed by atoms with Gasteiger partial charge in [0.05, 0.1) is 5.52 Å². The molecule has 1 aliphatic rings. The predicted octanol–water partition coefficient (Wildman–Crippen LogP) is 5.67. The lowest BCUT2D eigenvalue weighted by atomic mass is 10.0. The van der Waals surface area contributed by atoms with Crippen LogP contribution in [-0.2, 0) is 17.9 Å². The van der Waals surface area contributed by atoms with Crippen molar-refractivity contribution >= 4 is 29.2 Å². The SMILES string of the molecule is COCCCCn1c(C(=O)N(C(C)C)[C@@H]2CCCNC2)c(OCc2ccccc2)c2ccccc21.Cl. The number of unbranched alkanes of at least 4 members (excludes halogenated alkanes) is 1. The van der Waals surface area contributed by atoms with Gasteiger partial charge in [-0.15, -0.1) is 12.4 Å². The molecule has 0 aliphatic carbocycles. The Hall–Kier alpha value is -2.54. The number of piperidine rings is 1. The molecule has 1 saturated heterocycles. The van der Waals surface area contributed by atoms with Gasteiger partial charge in [-0.3, -0.25) is 4.79 Å². The van der Waals surface area contributed by atoms with Crippen LogP contribution in [0.3, 0.4) is 0 Å². The number of ether oxygens (including phenoxy) is 2. The summed E-state index contributed by atoms with van der Waals surface area (Å²) in [7, 11) is 1.73. The monoisotopic (exact) mass is 513 g/mol. The number of aromatic nitrogens is 1. The molecule has 1 aliphatic heterocycles. The van der Waals surface area contributed by atoms with E-state index in [1.807, 2.05) is 30.3 Å². The van der Waals surface area contributed by atoms with Crippen LogP contribution in [0.25, 0.3) is 10.9 Å². The molecule has 196 valence electrons. The third-order valence-electron chi connectivity index (χ3n) is 6.79. The van der Waals surface area contributed by atoms with Gasteiger partial charge in [-0.25, -0.2) is 0 Å². The Morgan fingerprint density at radius 1 is 1.11 bits per heavy atom. The highest BCUT2D eigenvalue weighted by atomic mass is 35.5. The second-order valence-corrected chi connectivity index (χ2v) is 9.63. The second kappa shape index (κ2) is 13.7. The maximum atomic E-state index is 14.4. The van der Waals surface area contributed by atoms with Gasteiger partial charge < -0.3 is 24.3 Å². The average molecular weight is 514 g/mol. The summed E-state index contributed by atoms with van der Waals surface area (Å²) in [5.41, 5.74) is 2.79. The van der Waals surface area contributed by atoms with E-state index in [1.54, 1.807) is 7.11 Å². The zero-order valence-electron chi connectivity index (χ0n) is 21.7. The molecule has 1 fully saturated rings. The lowest BCUT2D eigenvalue weighted by Crippen LogP contribution is -2.52. The topological polar surface area (TPSA) is 55.7 Å². The summed E-state index contributed by atoms with van der Waals surface area (Å²) in [4.78, 5) is 16.4. The number of para-hydroxylation sites is 1. The molecule has 7 heteroatoms. The van der Waals surface area contributed by atoms with Gasteiger partial charge in [0.15, 0.2) is 11.4 Å². The first kappa shape index (κ1) is 28.0. The number of fused-ring (bicyclic) bond motifs is 1. The Kier molecular flexibility index (Phi) is 10.7. The van der Waals surface area contributed by atoms with Crippen molar-refractivity contribution < 1.29 is 14.3 Å². The van der Waals surface area contributed by atoms with E-state index < -0.39 is 0 Å². The Balaban J connectivity index is 0.00000361. The standard InChI is InChI=1S/C29H39N3O3.ClH/c1-22(2)32(24-14-11-17-30-20-24)29(33)27-28(35-21-23-12-5-4-6-13-23)25-15-7-8-16-26(25)31(27)18-9-10-19-34-3;/h4-8,12-13,15-16,22,24,30H,9-11,14,17-21H2,1-3H3;1H/t24-;/m1./s1. The minimum absolute atomic E-state index is 0. The summed E-state index contributed by atoms with van der Waals surface area (Å²) in [6.07, 6.45) is 3.97. The first-order chi connectivity index (χ1) is 17.1. The minimum Gasteiger partial charge on any atom is -0.486 e. The van der Waals surface area contributed by atoms with Crippen molar-refractivity contribution in [2.24, 2.45) is 0 Å². The summed E-state index contributed by atoms with van der Waals surface area (Å²) in [5, 5.41) is 4.47. The molecule has 1 atom stereocenters. The van der Waals surface area contributed by atoms with Gasteiger partial charge in [-0.1, -0.05) is 42.5 Å². The van der Waals surface area contributed by atoms with E-state index in [-0.39, 0.29) is 30.4 Å². The normalized spacial score (nSPS) is 15.6. The lowest BCUT2D eigenvalue weighted by Gasteiger charge is -2.38. The summed E-state index contributed by atoms with van der Waals surface area (Å²) >= 11 is 0. The fourth-order valence-corrected chi connectivity index (χ4v) is 5.12. The van der Waals surface area contributed by atoms with Crippen molar-refractivity contribution in [3.63, 3.8) is 0 Å². The van der Waals surface area contributed by atoms with Gasteiger partial charge >= 0.3 is 0 Å². The minimum atomic E-state index is 0. The number of carbonyl (C=O) groups is 1. The van der Waals surface area contributed by atoms with Crippen LogP contribution in [-0.4, -0.2) is 54.3 Å².